The molecule has 7 heavy (non-hydrogen) atoms. The van der Waals surface area contributed by atoms with Gasteiger partial charge in [-0.15, -0.1) is 0 Å². The average molecular weight is 99.2 g/mol. The molecule has 0 unspecified atom stereocenters. The molecule has 1 N–H and O–H groups in total. The van der Waals surface area contributed by atoms with Gasteiger partial charge in [0.25, 0.3) is 0 Å². The highest BCUT2D eigenvalue weighted by Gasteiger charge is 2.18. The van der Waals surface area contributed by atoms with Crippen LogP contribution < -0.4 is 5.32 Å². The Balaban J connectivity index is 2.14. The fourth-order valence-electron chi connectivity index (χ4n) is 0.880. The zero-order valence-electron chi connectivity index (χ0n) is 5.07. The lowest BCUT2D eigenvalue weighted by Gasteiger charge is -2.30. The van der Waals surface area contributed by atoms with Gasteiger partial charge in [-0.2, -0.15) is 0 Å². The third-order valence-corrected chi connectivity index (χ3v) is 1.67. The standard InChI is InChI=1S/C6H13N/c1-5(2)6-3-4-7-6/h5-7H,3-4H2,1-2H3/t6-/m1/s1. The van der Waals surface area contributed by atoms with Crippen LogP contribution in [0.3, 0.4) is 0 Å². The molecule has 0 aromatic heterocycles. The first kappa shape index (κ1) is 5.10. The van der Waals surface area contributed by atoms with E-state index >= 15 is 0 Å². The summed E-state index contributed by atoms with van der Waals surface area (Å²) in [6.45, 7) is 5.76. The van der Waals surface area contributed by atoms with E-state index in [-0.39, 0.29) is 0 Å². The zero-order valence-corrected chi connectivity index (χ0v) is 5.07. The molecule has 1 heteroatoms. The fourth-order valence-corrected chi connectivity index (χ4v) is 0.880. The lowest BCUT2D eigenvalue weighted by molar-refractivity contribution is 0.291. The van der Waals surface area contributed by atoms with E-state index in [1.165, 1.54) is 13.0 Å². The molecule has 1 aliphatic rings. The van der Waals surface area contributed by atoms with Gasteiger partial charge in [-0.05, 0) is 18.9 Å². The van der Waals surface area contributed by atoms with Gasteiger partial charge in [0, 0.05) is 6.04 Å². The molecule has 1 heterocycles. The van der Waals surface area contributed by atoms with Crippen molar-refractivity contribution >= 4 is 0 Å². The normalized spacial score (nSPS) is 30.4. The Labute approximate surface area is 45.1 Å². The van der Waals surface area contributed by atoms with Crippen molar-refractivity contribution < 1.29 is 0 Å². The lowest BCUT2D eigenvalue weighted by Crippen LogP contribution is -2.46. The first-order valence-electron chi connectivity index (χ1n) is 3.04. The highest BCUT2D eigenvalue weighted by molar-refractivity contribution is 4.79. The molecule has 0 aromatic carbocycles. The summed E-state index contributed by atoms with van der Waals surface area (Å²) in [5.74, 6) is 0.841. The third kappa shape index (κ3) is 0.942. The Morgan fingerprint density at radius 2 is 2.14 bits per heavy atom. The van der Waals surface area contributed by atoms with Crippen LogP contribution in [-0.4, -0.2) is 12.6 Å². The molecule has 42 valence electrons. The lowest BCUT2D eigenvalue weighted by atomic mass is 9.95. The van der Waals surface area contributed by atoms with E-state index in [0.717, 1.165) is 12.0 Å². The summed E-state index contributed by atoms with van der Waals surface area (Å²) in [7, 11) is 0. The van der Waals surface area contributed by atoms with E-state index in [1.807, 2.05) is 0 Å². The van der Waals surface area contributed by atoms with Crippen LogP contribution >= 0.6 is 0 Å². The predicted molar refractivity (Wildman–Crippen MR) is 31.2 cm³/mol. The van der Waals surface area contributed by atoms with Crippen LogP contribution in [0.5, 0.6) is 0 Å². The van der Waals surface area contributed by atoms with Crippen LogP contribution in [0, 0.1) is 5.92 Å². The van der Waals surface area contributed by atoms with Crippen LogP contribution in [0.1, 0.15) is 20.3 Å². The van der Waals surface area contributed by atoms with Crippen molar-refractivity contribution in [2.45, 2.75) is 26.3 Å². The molecule has 0 radical (unpaired) electrons. The molecule has 0 bridgehead atoms. The number of nitrogens with one attached hydrogen (secondary N) is 1. The van der Waals surface area contributed by atoms with Crippen molar-refractivity contribution in [2.75, 3.05) is 6.54 Å². The molecular weight excluding hydrogens is 86.1 g/mol. The van der Waals surface area contributed by atoms with E-state index < -0.39 is 0 Å². The maximum atomic E-state index is 3.34. The molecule has 1 nitrogen and oxygen atoms in total. The maximum absolute atomic E-state index is 3.34. The van der Waals surface area contributed by atoms with Gasteiger partial charge < -0.3 is 5.32 Å². The van der Waals surface area contributed by atoms with Crippen molar-refractivity contribution in [3.8, 4) is 0 Å². The first-order valence-corrected chi connectivity index (χ1v) is 3.04. The molecule has 0 amide bonds. The van der Waals surface area contributed by atoms with Crippen molar-refractivity contribution in [3.05, 3.63) is 0 Å². The van der Waals surface area contributed by atoms with Gasteiger partial charge in [0.2, 0.25) is 0 Å². The second-order valence-electron chi connectivity index (χ2n) is 2.59. The quantitative estimate of drug-likeness (QED) is 0.517. The van der Waals surface area contributed by atoms with Gasteiger partial charge in [-0.3, -0.25) is 0 Å². The van der Waals surface area contributed by atoms with Gasteiger partial charge in [0.15, 0.2) is 0 Å². The maximum Gasteiger partial charge on any atom is 0.0102 e. The van der Waals surface area contributed by atoms with E-state index in [2.05, 4.69) is 19.2 Å². The number of rotatable bonds is 1. The summed E-state index contributed by atoms with van der Waals surface area (Å²) in [4.78, 5) is 0. The van der Waals surface area contributed by atoms with Gasteiger partial charge in [-0.25, -0.2) is 0 Å². The van der Waals surface area contributed by atoms with Gasteiger partial charge >= 0.3 is 0 Å². The summed E-state index contributed by atoms with van der Waals surface area (Å²) in [5.41, 5.74) is 0. The molecule has 0 aromatic rings. The van der Waals surface area contributed by atoms with Crippen LogP contribution in [0.2, 0.25) is 0 Å². The van der Waals surface area contributed by atoms with Crippen LogP contribution in [-0.2, 0) is 0 Å². The minimum absolute atomic E-state index is 0.833. The SMILES string of the molecule is CC(C)[C@H]1CCN1. The Bertz CT molecular complexity index is 55.2. The van der Waals surface area contributed by atoms with Crippen LogP contribution in [0.25, 0.3) is 0 Å². The highest BCUT2D eigenvalue weighted by atomic mass is 15.0. The minimum atomic E-state index is 0.833. The molecular formula is C6H13N. The van der Waals surface area contributed by atoms with Crippen molar-refractivity contribution in [3.63, 3.8) is 0 Å². The fraction of sp³-hybridized carbons (Fsp3) is 1.00. The molecule has 0 spiro atoms. The van der Waals surface area contributed by atoms with Crippen molar-refractivity contribution in [1.82, 2.24) is 5.32 Å². The Morgan fingerprint density at radius 3 is 2.14 bits per heavy atom. The van der Waals surface area contributed by atoms with E-state index in [4.69, 9.17) is 0 Å². The second kappa shape index (κ2) is 1.83. The summed E-state index contributed by atoms with van der Waals surface area (Å²) in [6.07, 6.45) is 1.39. The van der Waals surface area contributed by atoms with E-state index in [0.29, 0.717) is 0 Å². The number of hydrogen-bond acceptors (Lipinski definition) is 1. The first-order chi connectivity index (χ1) is 3.30. The van der Waals surface area contributed by atoms with Crippen molar-refractivity contribution in [2.24, 2.45) is 5.92 Å². The molecule has 0 saturated carbocycles. The van der Waals surface area contributed by atoms with Crippen LogP contribution in [0.4, 0.5) is 0 Å². The zero-order chi connectivity index (χ0) is 5.28. The molecule has 1 fully saturated rings. The summed E-state index contributed by atoms with van der Waals surface area (Å²) in [6, 6.07) is 0.833. The van der Waals surface area contributed by atoms with E-state index in [1.54, 1.807) is 0 Å². The largest absolute Gasteiger partial charge is 0.314 e. The average Bonchev–Trinajstić information content (AvgIpc) is 1.23. The number of hydrogen-bond donors (Lipinski definition) is 1. The Kier molecular flexibility index (Phi) is 1.33. The van der Waals surface area contributed by atoms with Crippen molar-refractivity contribution in [1.29, 1.82) is 0 Å². The molecule has 1 atom stereocenters. The third-order valence-electron chi connectivity index (χ3n) is 1.67. The minimum Gasteiger partial charge on any atom is -0.314 e. The molecule has 1 saturated heterocycles. The van der Waals surface area contributed by atoms with Gasteiger partial charge in [0.1, 0.15) is 0 Å². The molecule has 1 aliphatic heterocycles. The Morgan fingerprint density at radius 1 is 1.57 bits per heavy atom. The summed E-state index contributed by atoms with van der Waals surface area (Å²) >= 11 is 0. The van der Waals surface area contributed by atoms with Gasteiger partial charge in [-0.1, -0.05) is 13.8 Å². The van der Waals surface area contributed by atoms with Crippen LogP contribution in [0.15, 0.2) is 0 Å². The van der Waals surface area contributed by atoms with Gasteiger partial charge in [0.05, 0.1) is 0 Å². The topological polar surface area (TPSA) is 12.0 Å². The molecule has 0 aliphatic carbocycles. The summed E-state index contributed by atoms with van der Waals surface area (Å²) in [5, 5.41) is 3.34. The smallest absolute Gasteiger partial charge is 0.0102 e. The second-order valence-corrected chi connectivity index (χ2v) is 2.59. The predicted octanol–water partition coefficient (Wildman–Crippen LogP) is 1.00. The molecule has 1 rings (SSSR count). The Hall–Kier alpha value is -0.0400. The highest BCUT2D eigenvalue weighted by Crippen LogP contribution is 2.11. The van der Waals surface area contributed by atoms with E-state index in [9.17, 15) is 0 Å². The monoisotopic (exact) mass is 99.1 g/mol. The summed E-state index contributed by atoms with van der Waals surface area (Å²) < 4.78 is 0.